The van der Waals surface area contributed by atoms with Crippen molar-refractivity contribution in [1.29, 1.82) is 0 Å². The summed E-state index contributed by atoms with van der Waals surface area (Å²) >= 11 is 0. The van der Waals surface area contributed by atoms with Crippen LogP contribution in [0.25, 0.3) is 0 Å². The molecule has 0 aliphatic heterocycles. The number of nitrogens with zero attached hydrogens (tertiary/aromatic N) is 6. The molecule has 0 bridgehead atoms. The van der Waals surface area contributed by atoms with Crippen molar-refractivity contribution in [2.24, 2.45) is 0 Å². The first-order valence-electron chi connectivity index (χ1n) is 16.5. The molecule has 0 atom stereocenters. The fraction of sp³-hybridized carbons (Fsp3) is 0.562. The van der Waals surface area contributed by atoms with Gasteiger partial charge in [-0.2, -0.15) is 0 Å². The second-order valence-electron chi connectivity index (χ2n) is 12.4. The van der Waals surface area contributed by atoms with Crippen LogP contribution < -0.4 is 0 Å². The molecule has 0 unspecified atom stereocenters. The van der Waals surface area contributed by atoms with Crippen LogP contribution in [0.15, 0.2) is 24.3 Å². The maximum absolute atomic E-state index is 11.3. The van der Waals surface area contributed by atoms with Crippen molar-refractivity contribution in [1.82, 2.24) is 29.4 Å². The van der Waals surface area contributed by atoms with Gasteiger partial charge in [-0.25, -0.2) is 0 Å². The highest BCUT2D eigenvalue weighted by molar-refractivity contribution is 5.74. The number of carbonyl (C=O) groups is 8. The Morgan fingerprint density at radius 2 is 0.444 bits per heavy atom. The Morgan fingerprint density at radius 3 is 0.593 bits per heavy atom. The number of benzene rings is 1. The third-order valence-corrected chi connectivity index (χ3v) is 7.64. The van der Waals surface area contributed by atoms with Gasteiger partial charge < -0.3 is 40.9 Å². The van der Waals surface area contributed by atoms with Gasteiger partial charge >= 0.3 is 47.8 Å². The second-order valence-corrected chi connectivity index (χ2v) is 12.4. The molecule has 1 rings (SSSR count). The minimum atomic E-state index is -1.24. The van der Waals surface area contributed by atoms with E-state index < -0.39 is 100 Å². The molecule has 54 heavy (non-hydrogen) atoms. The van der Waals surface area contributed by atoms with Gasteiger partial charge in [0.15, 0.2) is 0 Å². The monoisotopic (exact) mass is 772 g/mol. The summed E-state index contributed by atoms with van der Waals surface area (Å²) in [5, 5.41) is 73.8. The van der Waals surface area contributed by atoms with Crippen LogP contribution in [-0.2, 0) is 51.4 Å². The van der Waals surface area contributed by atoms with Crippen LogP contribution in [0.4, 0.5) is 0 Å². The van der Waals surface area contributed by atoms with E-state index in [-0.39, 0.29) is 65.4 Å². The molecule has 0 aromatic heterocycles. The average Bonchev–Trinajstić information content (AvgIpc) is 3.01. The van der Waals surface area contributed by atoms with Crippen molar-refractivity contribution in [3.05, 3.63) is 35.4 Å². The fourth-order valence-electron chi connectivity index (χ4n) is 5.32. The van der Waals surface area contributed by atoms with Crippen LogP contribution >= 0.6 is 0 Å². The Morgan fingerprint density at radius 1 is 0.296 bits per heavy atom. The van der Waals surface area contributed by atoms with Gasteiger partial charge in [0.25, 0.3) is 0 Å². The van der Waals surface area contributed by atoms with E-state index in [9.17, 15) is 79.2 Å². The molecule has 302 valence electrons. The molecule has 1 aromatic rings. The van der Waals surface area contributed by atoms with Crippen LogP contribution in [0.3, 0.4) is 0 Å². The lowest BCUT2D eigenvalue weighted by Gasteiger charge is -2.29. The molecule has 0 spiro atoms. The minimum Gasteiger partial charge on any atom is -0.480 e. The summed E-state index contributed by atoms with van der Waals surface area (Å²) in [6.07, 6.45) is 0. The smallest absolute Gasteiger partial charge is 0.317 e. The standard InChI is InChI=1S/C32H48N6O16/c39-25(40)15-35(16-26(41)42)9-5-33(6-10-36(17-27(43)44)18-28(45)46)13-23-1-2-24(4-3-23)14-34(7-11-37(19-29(47)48)20-30(49)50)8-12-38(21-31(51)52)22-32(53)54/h1-4H,5-22H2,(H,39,40)(H,41,42)(H,43,44)(H,45,46)(H,47,48)(H,49,50)(H,51,52)(H,53,54). The van der Waals surface area contributed by atoms with E-state index in [4.69, 9.17) is 0 Å². The van der Waals surface area contributed by atoms with Gasteiger partial charge in [0.1, 0.15) is 0 Å². The zero-order chi connectivity index (χ0) is 40.8. The fourth-order valence-corrected chi connectivity index (χ4v) is 5.32. The SMILES string of the molecule is O=C(O)CN(CCN(CCN(CC(=O)O)CC(=O)O)Cc1ccc(CN(CCN(CC(=O)O)CC(=O)O)CCN(CC(=O)O)CC(=O)O)cc1)CC(=O)O. The molecule has 0 aliphatic rings. The molecule has 22 nitrogen and oxygen atoms in total. The van der Waals surface area contributed by atoms with E-state index in [0.717, 1.165) is 11.1 Å². The molecular formula is C32H48N6O16. The van der Waals surface area contributed by atoms with Crippen molar-refractivity contribution in [3.8, 4) is 0 Å². The molecule has 0 saturated carbocycles. The molecule has 0 radical (unpaired) electrons. The lowest BCUT2D eigenvalue weighted by Crippen LogP contribution is -2.44. The summed E-state index contributed by atoms with van der Waals surface area (Å²) in [6, 6.07) is 7.01. The predicted molar refractivity (Wildman–Crippen MR) is 184 cm³/mol. The third kappa shape index (κ3) is 23.3. The van der Waals surface area contributed by atoms with E-state index in [1.54, 1.807) is 34.1 Å². The molecule has 0 heterocycles. The Hall–Kier alpha value is -5.26. The topological polar surface area (TPSA) is 318 Å². The summed E-state index contributed by atoms with van der Waals surface area (Å²) in [4.78, 5) is 98.8. The first-order valence-corrected chi connectivity index (χ1v) is 16.5. The van der Waals surface area contributed by atoms with E-state index in [1.807, 2.05) is 0 Å². The van der Waals surface area contributed by atoms with Crippen LogP contribution in [-0.4, -0.2) is 223 Å². The summed E-state index contributed by atoms with van der Waals surface area (Å²) in [6.45, 7) is -3.42. The zero-order valence-corrected chi connectivity index (χ0v) is 29.6. The van der Waals surface area contributed by atoms with Gasteiger partial charge in [0, 0.05) is 65.4 Å². The van der Waals surface area contributed by atoms with E-state index in [2.05, 4.69) is 0 Å². The van der Waals surface area contributed by atoms with E-state index >= 15 is 0 Å². The largest absolute Gasteiger partial charge is 0.480 e. The molecule has 0 amide bonds. The van der Waals surface area contributed by atoms with Crippen molar-refractivity contribution in [3.63, 3.8) is 0 Å². The number of rotatable bonds is 32. The number of carboxylic acids is 8. The molecule has 8 N–H and O–H groups in total. The zero-order valence-electron chi connectivity index (χ0n) is 29.6. The first kappa shape index (κ1) is 46.8. The summed E-state index contributed by atoms with van der Waals surface area (Å²) in [5.41, 5.74) is 1.44. The number of hydrogen-bond donors (Lipinski definition) is 8. The lowest BCUT2D eigenvalue weighted by atomic mass is 10.1. The van der Waals surface area contributed by atoms with Gasteiger partial charge in [-0.3, -0.25) is 67.8 Å². The Labute approximate surface area is 309 Å². The van der Waals surface area contributed by atoms with Crippen molar-refractivity contribution >= 4 is 47.8 Å². The molecule has 0 fully saturated rings. The second kappa shape index (κ2) is 24.9. The Kier molecular flexibility index (Phi) is 21.5. The summed E-state index contributed by atoms with van der Waals surface area (Å²) in [7, 11) is 0. The predicted octanol–water partition coefficient (Wildman–Crippen LogP) is -2.82. The minimum absolute atomic E-state index is 0.00501. The van der Waals surface area contributed by atoms with Gasteiger partial charge in [0.05, 0.1) is 52.4 Å². The van der Waals surface area contributed by atoms with Crippen molar-refractivity contribution in [2.45, 2.75) is 13.1 Å². The summed E-state index contributed by atoms with van der Waals surface area (Å²) < 4.78 is 0. The van der Waals surface area contributed by atoms with Crippen LogP contribution in [0, 0.1) is 0 Å². The van der Waals surface area contributed by atoms with Gasteiger partial charge in [-0.15, -0.1) is 0 Å². The highest BCUT2D eigenvalue weighted by Gasteiger charge is 2.21. The average molecular weight is 773 g/mol. The van der Waals surface area contributed by atoms with Gasteiger partial charge in [-0.1, -0.05) is 24.3 Å². The number of aliphatic carboxylic acids is 8. The molecular weight excluding hydrogens is 724 g/mol. The first-order chi connectivity index (χ1) is 25.3. The number of hydrogen-bond acceptors (Lipinski definition) is 14. The molecule has 22 heteroatoms. The van der Waals surface area contributed by atoms with Crippen LogP contribution in [0.1, 0.15) is 11.1 Å². The Balaban J connectivity index is 3.25. The highest BCUT2D eigenvalue weighted by atomic mass is 16.4. The van der Waals surface area contributed by atoms with Gasteiger partial charge in [0.2, 0.25) is 0 Å². The maximum atomic E-state index is 11.3. The summed E-state index contributed by atoms with van der Waals surface area (Å²) in [5.74, 6) is -9.93. The third-order valence-electron chi connectivity index (χ3n) is 7.64. The molecule has 0 aliphatic carbocycles. The van der Waals surface area contributed by atoms with Crippen molar-refractivity contribution in [2.75, 3.05) is 105 Å². The van der Waals surface area contributed by atoms with E-state index in [0.29, 0.717) is 0 Å². The van der Waals surface area contributed by atoms with Crippen molar-refractivity contribution < 1.29 is 79.2 Å². The highest BCUT2D eigenvalue weighted by Crippen LogP contribution is 2.12. The van der Waals surface area contributed by atoms with Crippen LogP contribution in [0.5, 0.6) is 0 Å². The number of carboxylic acid groups (broad SMARTS) is 8. The maximum Gasteiger partial charge on any atom is 0.317 e. The molecule has 0 saturated heterocycles. The van der Waals surface area contributed by atoms with E-state index in [1.165, 1.54) is 19.6 Å². The van der Waals surface area contributed by atoms with Gasteiger partial charge in [-0.05, 0) is 11.1 Å². The normalized spacial score (nSPS) is 11.5. The lowest BCUT2D eigenvalue weighted by molar-refractivity contribution is -0.144. The molecule has 1 aromatic carbocycles. The van der Waals surface area contributed by atoms with Crippen LogP contribution in [0.2, 0.25) is 0 Å². The Bertz CT molecular complexity index is 1180. The quantitative estimate of drug-likeness (QED) is 0.0366.